The lowest BCUT2D eigenvalue weighted by Gasteiger charge is -2.47. The van der Waals surface area contributed by atoms with Crippen LogP contribution in [0.2, 0.25) is 0 Å². The number of nitrogens with zero attached hydrogens (tertiary/aromatic N) is 5. The van der Waals surface area contributed by atoms with E-state index in [0.29, 0.717) is 23.6 Å². The molecule has 0 spiro atoms. The molecule has 10 heteroatoms. The Morgan fingerprint density at radius 2 is 2.03 bits per heavy atom. The molecule has 9 nitrogen and oxygen atoms in total. The molecule has 35 heavy (non-hydrogen) atoms. The molecule has 0 saturated carbocycles. The monoisotopic (exact) mass is 496 g/mol. The van der Waals surface area contributed by atoms with E-state index in [4.69, 9.17) is 24.1 Å². The molecule has 3 unspecified atom stereocenters. The fraction of sp³-hybridized carbons (Fsp3) is 0.560. The van der Waals surface area contributed by atoms with Gasteiger partial charge in [0.2, 0.25) is 5.95 Å². The quantitative estimate of drug-likeness (QED) is 0.529. The van der Waals surface area contributed by atoms with Gasteiger partial charge in [-0.3, -0.25) is 4.21 Å². The van der Waals surface area contributed by atoms with Crippen molar-refractivity contribution in [2.24, 2.45) is 5.92 Å². The number of nitrogens with one attached hydrogen (secondary N) is 1. The van der Waals surface area contributed by atoms with Crippen molar-refractivity contribution < 1.29 is 13.4 Å². The third-order valence-corrected chi connectivity index (χ3v) is 8.84. The Morgan fingerprint density at radius 3 is 2.80 bits per heavy atom. The van der Waals surface area contributed by atoms with Crippen molar-refractivity contribution in [3.8, 4) is 0 Å². The minimum absolute atomic E-state index is 0.251. The Kier molecular flexibility index (Phi) is 6.09. The SMILES string of the molecule is CCN(CC1C(C)CN1c1nc2ccccc2o1)c1nc2c(c(NC3CCOCC3)n1)S(=O)CC2. The van der Waals surface area contributed by atoms with E-state index in [0.717, 1.165) is 79.6 Å². The summed E-state index contributed by atoms with van der Waals surface area (Å²) in [6, 6.07) is 9.10. The molecule has 1 aromatic carbocycles. The maximum absolute atomic E-state index is 12.8. The number of hydrogen-bond donors (Lipinski definition) is 1. The summed E-state index contributed by atoms with van der Waals surface area (Å²) >= 11 is 0. The van der Waals surface area contributed by atoms with E-state index in [1.54, 1.807) is 0 Å². The van der Waals surface area contributed by atoms with Gasteiger partial charge in [0.15, 0.2) is 5.58 Å². The van der Waals surface area contributed by atoms with E-state index in [9.17, 15) is 4.21 Å². The number of aromatic nitrogens is 3. The summed E-state index contributed by atoms with van der Waals surface area (Å²) in [5.74, 6) is 2.56. The van der Waals surface area contributed by atoms with E-state index in [2.05, 4.69) is 29.0 Å². The number of aryl methyl sites for hydroxylation is 1. The fourth-order valence-electron chi connectivity index (χ4n) is 5.25. The van der Waals surface area contributed by atoms with Gasteiger partial charge < -0.3 is 24.3 Å². The molecule has 186 valence electrons. The van der Waals surface area contributed by atoms with Gasteiger partial charge >= 0.3 is 0 Å². The van der Waals surface area contributed by atoms with Crippen molar-refractivity contribution in [2.45, 2.75) is 50.1 Å². The Hall–Kier alpha value is -2.72. The van der Waals surface area contributed by atoms with Gasteiger partial charge in [0.1, 0.15) is 16.2 Å². The van der Waals surface area contributed by atoms with Crippen LogP contribution in [0.1, 0.15) is 32.4 Å². The lowest BCUT2D eigenvalue weighted by Crippen LogP contribution is -2.60. The smallest absolute Gasteiger partial charge is 0.298 e. The van der Waals surface area contributed by atoms with Gasteiger partial charge in [0.25, 0.3) is 6.01 Å². The van der Waals surface area contributed by atoms with E-state index in [-0.39, 0.29) is 12.1 Å². The van der Waals surface area contributed by atoms with Crippen molar-refractivity contribution in [2.75, 3.05) is 53.7 Å². The highest BCUT2D eigenvalue weighted by Crippen LogP contribution is 2.35. The summed E-state index contributed by atoms with van der Waals surface area (Å²) in [6.45, 7) is 8.35. The Balaban J connectivity index is 1.26. The normalized spacial score (nSPS) is 24.4. The molecule has 0 amide bonds. The van der Waals surface area contributed by atoms with Crippen molar-refractivity contribution in [3.63, 3.8) is 0 Å². The van der Waals surface area contributed by atoms with E-state index in [1.807, 2.05) is 24.3 Å². The number of anilines is 3. The highest BCUT2D eigenvalue weighted by atomic mass is 32.2. The first-order valence-electron chi connectivity index (χ1n) is 12.6. The highest BCUT2D eigenvalue weighted by Gasteiger charge is 2.40. The van der Waals surface area contributed by atoms with E-state index >= 15 is 0 Å². The molecular formula is C25H32N6O3S. The fourth-order valence-corrected chi connectivity index (χ4v) is 6.57. The summed E-state index contributed by atoms with van der Waals surface area (Å²) in [5, 5.41) is 3.58. The van der Waals surface area contributed by atoms with Crippen LogP contribution in [0.25, 0.3) is 11.1 Å². The van der Waals surface area contributed by atoms with Crippen LogP contribution in [0.3, 0.4) is 0 Å². The molecule has 3 atom stereocenters. The minimum Gasteiger partial charge on any atom is -0.423 e. The van der Waals surface area contributed by atoms with Crippen LogP contribution < -0.4 is 15.1 Å². The van der Waals surface area contributed by atoms with E-state index in [1.165, 1.54) is 0 Å². The van der Waals surface area contributed by atoms with Gasteiger partial charge in [0, 0.05) is 51.1 Å². The summed E-state index contributed by atoms with van der Waals surface area (Å²) in [6.07, 6.45) is 2.58. The molecule has 3 aromatic rings. The zero-order chi connectivity index (χ0) is 23.9. The number of likely N-dealkylation sites (N-methyl/N-ethyl adjacent to an activating group) is 1. The predicted octanol–water partition coefficient (Wildman–Crippen LogP) is 3.22. The Morgan fingerprint density at radius 1 is 1.20 bits per heavy atom. The van der Waals surface area contributed by atoms with Crippen LogP contribution >= 0.6 is 0 Å². The van der Waals surface area contributed by atoms with E-state index < -0.39 is 10.8 Å². The maximum Gasteiger partial charge on any atom is 0.298 e. The molecule has 2 fully saturated rings. The standard InChI is InChI=1S/C25H32N6O3S/c1-3-30(15-20-16(2)14-31(20)25-28-18-6-4-5-7-21(18)34-25)24-27-19-10-13-35(32)22(19)23(29-24)26-17-8-11-33-12-9-17/h4-7,16-17,20H,3,8-15H2,1-2H3,(H,26,27,29). The molecule has 6 rings (SSSR count). The van der Waals surface area contributed by atoms with Crippen LogP contribution in [0.15, 0.2) is 33.6 Å². The van der Waals surface area contributed by atoms with Gasteiger partial charge in [-0.15, -0.1) is 0 Å². The van der Waals surface area contributed by atoms with Crippen LogP contribution in [-0.4, -0.2) is 69.8 Å². The number of oxazole rings is 1. The maximum atomic E-state index is 12.8. The van der Waals surface area contributed by atoms with Crippen LogP contribution in [0.5, 0.6) is 0 Å². The van der Waals surface area contributed by atoms with Crippen molar-refractivity contribution in [1.29, 1.82) is 0 Å². The first kappa shape index (κ1) is 22.7. The van der Waals surface area contributed by atoms with Gasteiger partial charge in [-0.2, -0.15) is 9.97 Å². The van der Waals surface area contributed by atoms with Crippen molar-refractivity contribution in [1.82, 2.24) is 15.0 Å². The summed E-state index contributed by atoms with van der Waals surface area (Å²) in [4.78, 5) is 19.8. The van der Waals surface area contributed by atoms with Crippen molar-refractivity contribution >= 4 is 39.7 Å². The predicted molar refractivity (Wildman–Crippen MR) is 137 cm³/mol. The summed E-state index contributed by atoms with van der Waals surface area (Å²) in [7, 11) is -1.05. The van der Waals surface area contributed by atoms with Gasteiger partial charge in [-0.05, 0) is 37.8 Å². The first-order chi connectivity index (χ1) is 17.1. The second-order valence-corrected chi connectivity index (χ2v) is 11.2. The Bertz CT molecular complexity index is 1210. The second kappa shape index (κ2) is 9.39. The lowest BCUT2D eigenvalue weighted by atomic mass is 9.90. The summed E-state index contributed by atoms with van der Waals surface area (Å²) < 4.78 is 24.3. The zero-order valence-electron chi connectivity index (χ0n) is 20.3. The number of benzene rings is 1. The molecule has 0 radical (unpaired) electrons. The lowest BCUT2D eigenvalue weighted by molar-refractivity contribution is 0.0903. The van der Waals surface area contributed by atoms with Crippen LogP contribution in [0.4, 0.5) is 17.8 Å². The topological polar surface area (TPSA) is 96.6 Å². The van der Waals surface area contributed by atoms with Crippen LogP contribution in [0, 0.1) is 5.92 Å². The Labute approximate surface area is 207 Å². The second-order valence-electron chi connectivity index (χ2n) is 9.68. The molecule has 2 saturated heterocycles. The average Bonchev–Trinajstić information content (AvgIpc) is 3.47. The zero-order valence-corrected chi connectivity index (χ0v) is 21.1. The first-order valence-corrected chi connectivity index (χ1v) is 13.9. The van der Waals surface area contributed by atoms with Gasteiger partial charge in [-0.25, -0.2) is 4.98 Å². The third-order valence-electron chi connectivity index (χ3n) is 7.38. The summed E-state index contributed by atoms with van der Waals surface area (Å²) in [5.41, 5.74) is 2.61. The highest BCUT2D eigenvalue weighted by molar-refractivity contribution is 7.85. The number of para-hydroxylation sites is 2. The number of fused-ring (bicyclic) bond motifs is 2. The van der Waals surface area contributed by atoms with Gasteiger partial charge in [0.05, 0.1) is 22.5 Å². The number of rotatable bonds is 7. The van der Waals surface area contributed by atoms with Gasteiger partial charge in [-0.1, -0.05) is 19.1 Å². The molecule has 5 heterocycles. The molecule has 2 aromatic heterocycles. The van der Waals surface area contributed by atoms with Crippen LogP contribution in [-0.2, 0) is 22.0 Å². The molecule has 0 aliphatic carbocycles. The minimum atomic E-state index is -1.05. The molecule has 0 bridgehead atoms. The number of hydrogen-bond acceptors (Lipinski definition) is 9. The molecule has 3 aliphatic heterocycles. The average molecular weight is 497 g/mol. The molecule has 3 aliphatic rings. The number of ether oxygens (including phenoxy) is 1. The molecule has 1 N–H and O–H groups in total. The third kappa shape index (κ3) is 4.27. The largest absolute Gasteiger partial charge is 0.423 e. The van der Waals surface area contributed by atoms with Crippen molar-refractivity contribution in [3.05, 3.63) is 30.0 Å². The molecular weight excluding hydrogens is 464 g/mol.